The fourth-order valence-corrected chi connectivity index (χ4v) is 3.46. The molecule has 0 N–H and O–H groups in total. The van der Waals surface area contributed by atoms with Crippen LogP contribution in [-0.2, 0) is 4.84 Å². The third-order valence-electron chi connectivity index (χ3n) is 4.95. The smallest absolute Gasteiger partial charge is 0.470 e. The Balaban J connectivity index is 2.43. The molecule has 0 aliphatic heterocycles. The number of hydrogen-bond donors (Lipinski definition) is 0. The first-order valence-electron chi connectivity index (χ1n) is 9.95. The van der Waals surface area contributed by atoms with Crippen LogP contribution in [0.3, 0.4) is 0 Å². The molecule has 0 saturated carbocycles. The standard InChI is InChI=1S/C23H31N3O4/c1-8-11-25(19-13-16(2)12-17(3)14-19)22(27)30-26(7,23(28)29)20-9-10-21(24(5)6)18(4)15-20/h9-10,12-15H,8,11H2,1-7H3. The van der Waals surface area contributed by atoms with Crippen LogP contribution in [0, 0.1) is 20.8 Å². The molecule has 0 aromatic heterocycles. The summed E-state index contributed by atoms with van der Waals surface area (Å²) in [6.07, 6.45) is -1.59. The average Bonchev–Trinajstić information content (AvgIpc) is 2.64. The van der Waals surface area contributed by atoms with Crippen LogP contribution in [0.15, 0.2) is 36.4 Å². The summed E-state index contributed by atoms with van der Waals surface area (Å²) in [5.74, 6) is 0. The molecule has 0 aliphatic carbocycles. The van der Waals surface area contributed by atoms with Crippen molar-refractivity contribution >= 4 is 29.2 Å². The fraction of sp³-hybridized carbons (Fsp3) is 0.391. The summed E-state index contributed by atoms with van der Waals surface area (Å²) in [6, 6.07) is 10.9. The molecule has 1 atom stereocenters. The average molecular weight is 414 g/mol. The van der Waals surface area contributed by atoms with E-state index in [2.05, 4.69) is 0 Å². The van der Waals surface area contributed by atoms with E-state index in [0.29, 0.717) is 24.3 Å². The lowest BCUT2D eigenvalue weighted by atomic mass is 10.1. The van der Waals surface area contributed by atoms with Gasteiger partial charge in [0.15, 0.2) is 5.69 Å². The first-order chi connectivity index (χ1) is 14.0. The van der Waals surface area contributed by atoms with Crippen molar-refractivity contribution in [1.82, 2.24) is 4.65 Å². The van der Waals surface area contributed by atoms with Crippen molar-refractivity contribution in [1.29, 1.82) is 0 Å². The van der Waals surface area contributed by atoms with E-state index in [1.807, 2.05) is 64.9 Å². The zero-order valence-electron chi connectivity index (χ0n) is 18.9. The van der Waals surface area contributed by atoms with Gasteiger partial charge in [-0.25, -0.2) is 9.63 Å². The molecule has 7 nitrogen and oxygen atoms in total. The third kappa shape index (κ3) is 4.91. The highest BCUT2D eigenvalue weighted by Gasteiger charge is 2.37. The molecule has 0 saturated heterocycles. The Labute approximate surface area is 178 Å². The topological polar surface area (TPSA) is 72.9 Å². The number of aryl methyl sites for hydroxylation is 3. The highest BCUT2D eigenvalue weighted by molar-refractivity contribution is 5.90. The van der Waals surface area contributed by atoms with Crippen molar-refractivity contribution in [2.24, 2.45) is 0 Å². The molecular weight excluding hydrogens is 382 g/mol. The molecule has 0 heterocycles. The number of carbonyl (C=O) groups is 2. The maximum Gasteiger partial charge on any atom is 0.470 e. The molecule has 2 aromatic rings. The predicted octanol–water partition coefficient (Wildman–Crippen LogP) is 3.93. The molecule has 0 radical (unpaired) electrons. The van der Waals surface area contributed by atoms with E-state index < -0.39 is 16.8 Å². The maximum absolute atomic E-state index is 13.1. The molecule has 0 aliphatic rings. The minimum Gasteiger partial charge on any atom is -0.495 e. The molecule has 162 valence electrons. The summed E-state index contributed by atoms with van der Waals surface area (Å²) < 4.78 is -1.11. The van der Waals surface area contributed by atoms with E-state index in [4.69, 9.17) is 4.84 Å². The van der Waals surface area contributed by atoms with Crippen molar-refractivity contribution in [2.75, 3.05) is 37.5 Å². The zero-order valence-corrected chi connectivity index (χ0v) is 18.9. The number of amides is 2. The summed E-state index contributed by atoms with van der Waals surface area (Å²) >= 11 is 0. The first-order valence-corrected chi connectivity index (χ1v) is 9.95. The van der Waals surface area contributed by atoms with Gasteiger partial charge in [-0.15, -0.1) is 0 Å². The summed E-state index contributed by atoms with van der Waals surface area (Å²) in [5.41, 5.74) is 4.78. The third-order valence-corrected chi connectivity index (χ3v) is 4.95. The van der Waals surface area contributed by atoms with Gasteiger partial charge < -0.3 is 14.8 Å². The van der Waals surface area contributed by atoms with Gasteiger partial charge in [-0.1, -0.05) is 17.6 Å². The lowest BCUT2D eigenvalue weighted by Crippen LogP contribution is -2.59. The SMILES string of the molecule is CCCN(C(=O)O[N+](C)(C(=O)[O-])c1ccc(N(C)C)c(C)c1)c1cc(C)cc(C)c1. The van der Waals surface area contributed by atoms with E-state index in [9.17, 15) is 14.7 Å². The Morgan fingerprint density at radius 3 is 2.10 bits per heavy atom. The number of anilines is 2. The summed E-state index contributed by atoms with van der Waals surface area (Å²) in [4.78, 5) is 34.1. The summed E-state index contributed by atoms with van der Waals surface area (Å²) in [5, 5.41) is 12.1. The number of nitrogens with zero attached hydrogens (tertiary/aromatic N) is 3. The van der Waals surface area contributed by atoms with Crippen LogP contribution in [0.1, 0.15) is 30.0 Å². The van der Waals surface area contributed by atoms with Crippen molar-refractivity contribution in [2.45, 2.75) is 34.1 Å². The Morgan fingerprint density at radius 1 is 1.03 bits per heavy atom. The molecule has 2 rings (SSSR count). The number of benzene rings is 2. The normalized spacial score (nSPS) is 12.8. The Bertz CT molecular complexity index is 922. The van der Waals surface area contributed by atoms with E-state index in [0.717, 1.165) is 22.4 Å². The van der Waals surface area contributed by atoms with Crippen LogP contribution in [0.4, 0.5) is 26.7 Å². The second-order valence-corrected chi connectivity index (χ2v) is 7.91. The molecule has 0 spiro atoms. The Hall–Kier alpha value is -3.06. The van der Waals surface area contributed by atoms with Crippen molar-refractivity contribution in [3.05, 3.63) is 53.1 Å². The monoisotopic (exact) mass is 413 g/mol. The summed E-state index contributed by atoms with van der Waals surface area (Å²) in [7, 11) is 5.10. The van der Waals surface area contributed by atoms with Crippen molar-refractivity contribution < 1.29 is 19.5 Å². The number of hydroxylamine groups is 2. The zero-order chi connectivity index (χ0) is 22.6. The van der Waals surface area contributed by atoms with Crippen LogP contribution in [-0.4, -0.2) is 39.9 Å². The second-order valence-electron chi connectivity index (χ2n) is 7.91. The molecule has 0 bridgehead atoms. The minimum atomic E-state index is -1.53. The summed E-state index contributed by atoms with van der Waals surface area (Å²) in [6.45, 7) is 8.11. The van der Waals surface area contributed by atoms with Gasteiger partial charge in [0.1, 0.15) is 7.05 Å². The first kappa shape index (κ1) is 23.2. The van der Waals surface area contributed by atoms with Gasteiger partial charge in [0.05, 0.1) is 0 Å². The van der Waals surface area contributed by atoms with Gasteiger partial charge in [-0.2, -0.15) is 0 Å². The number of rotatable bonds is 5. The lowest BCUT2D eigenvalue weighted by Gasteiger charge is -2.32. The minimum absolute atomic E-state index is 0.295. The number of carboxylic acid groups (broad SMARTS) is 1. The van der Waals surface area contributed by atoms with Gasteiger partial charge in [0.25, 0.3) is 0 Å². The Morgan fingerprint density at radius 2 is 1.63 bits per heavy atom. The molecule has 30 heavy (non-hydrogen) atoms. The van der Waals surface area contributed by atoms with Crippen LogP contribution in [0.25, 0.3) is 0 Å². The predicted molar refractivity (Wildman–Crippen MR) is 119 cm³/mol. The van der Waals surface area contributed by atoms with Gasteiger partial charge >= 0.3 is 12.2 Å². The van der Waals surface area contributed by atoms with Crippen LogP contribution >= 0.6 is 0 Å². The van der Waals surface area contributed by atoms with Crippen molar-refractivity contribution in [3.8, 4) is 0 Å². The van der Waals surface area contributed by atoms with Gasteiger partial charge in [0.2, 0.25) is 0 Å². The number of carbonyl (C=O) groups excluding carboxylic acids is 2. The van der Waals surface area contributed by atoms with Gasteiger partial charge in [-0.05, 0) is 62.1 Å². The maximum atomic E-state index is 13.1. The lowest BCUT2D eigenvalue weighted by molar-refractivity contribution is -0.285. The van der Waals surface area contributed by atoms with Gasteiger partial charge in [0, 0.05) is 44.1 Å². The molecular formula is C23H31N3O4. The number of quaternary nitrogens is 1. The highest BCUT2D eigenvalue weighted by Crippen LogP contribution is 2.29. The quantitative estimate of drug-likeness (QED) is 0.549. The van der Waals surface area contributed by atoms with E-state index >= 15 is 0 Å². The van der Waals surface area contributed by atoms with Crippen LogP contribution in [0.2, 0.25) is 0 Å². The molecule has 2 amide bonds. The largest absolute Gasteiger partial charge is 0.495 e. The van der Waals surface area contributed by atoms with E-state index in [1.165, 1.54) is 11.9 Å². The molecule has 2 aromatic carbocycles. The molecule has 0 fully saturated rings. The van der Waals surface area contributed by atoms with E-state index in [-0.39, 0.29) is 0 Å². The number of hydrogen-bond acceptors (Lipinski definition) is 5. The van der Waals surface area contributed by atoms with Crippen LogP contribution in [0.5, 0.6) is 0 Å². The van der Waals surface area contributed by atoms with Gasteiger partial charge in [-0.3, -0.25) is 4.90 Å². The van der Waals surface area contributed by atoms with Crippen molar-refractivity contribution in [3.63, 3.8) is 0 Å². The van der Waals surface area contributed by atoms with E-state index in [1.54, 1.807) is 18.2 Å². The second kappa shape index (κ2) is 9.17. The Kier molecular flexibility index (Phi) is 7.10. The fourth-order valence-electron chi connectivity index (χ4n) is 3.46. The molecule has 1 unspecified atom stereocenters. The highest BCUT2D eigenvalue weighted by atomic mass is 16.8. The molecule has 7 heteroatoms. The van der Waals surface area contributed by atoms with Crippen LogP contribution < -0.4 is 19.6 Å².